The average Bonchev–Trinajstić information content (AvgIpc) is 1.88. The third kappa shape index (κ3) is 36.7. The Morgan fingerprint density at radius 1 is 0.320 bits per heavy atom. The van der Waals surface area contributed by atoms with Crippen molar-refractivity contribution in [3.05, 3.63) is 0 Å². The number of carboxylic acid groups (broad SMARTS) is 3. The molecule has 0 aliphatic heterocycles. The first kappa shape index (κ1) is 89.6. The van der Waals surface area contributed by atoms with Gasteiger partial charge < -0.3 is 147 Å². The van der Waals surface area contributed by atoms with Gasteiger partial charge in [-0.2, -0.15) is 0 Å². The Bertz CT molecular complexity index is 2230. The minimum Gasteiger partial charge on any atom is -0.480 e. The monoisotopic (exact) mass is 1420 g/mol. The first-order valence-corrected chi connectivity index (χ1v) is 28.6. The summed E-state index contributed by atoms with van der Waals surface area (Å²) < 4.78 is 0. The van der Waals surface area contributed by atoms with Gasteiger partial charge in [0.2, 0.25) is 11.8 Å². The smallest absolute Gasteiger partial charge is 0.317 e. The number of aliphatic carboxylic acids is 3. The zero-order valence-electron chi connectivity index (χ0n) is 51.5. The van der Waals surface area contributed by atoms with E-state index in [0.29, 0.717) is 34.7 Å². The van der Waals surface area contributed by atoms with Crippen LogP contribution in [0.1, 0.15) is 0 Å². The van der Waals surface area contributed by atoms with Crippen molar-refractivity contribution < 1.29 is 180 Å². The average molecular weight is 1420 g/mol. The molecular formula is C50H87N11O36. The fourth-order valence-electron chi connectivity index (χ4n) is 7.35. The van der Waals surface area contributed by atoms with Crippen molar-refractivity contribution >= 4 is 78.2 Å². The largest absolute Gasteiger partial charge is 0.480 e. The van der Waals surface area contributed by atoms with Gasteiger partial charge in [-0.15, -0.1) is 0 Å². The molecule has 558 valence electrons. The standard InChI is InChI=1S/C50H87N11O36/c62-18-30(70)47(90)43(86)26(66)9-53-94-22-36(76)60(37(77)23-95-54-10-27(67)44(87)48(91)31(71)19-63)3-1-51-34(74)13-58(16-41(82)83)7-5-57(15-40(80)81)6-8-59(17-42(84)85)14-35(75)52-2-4-61(38(78)24-96-55-11-28(68)45(88)49(92)32(72)20-64)39(79)25-97-56-12-29(69)46(89)50(93)33(73)21-65/h9-12,26-33,43-50,62-73,86-93H,1-8,13-25H2,(H,51,74)(H,52,75)(H,80,81)(H,82,83)(H,84,85)/b53-9+,54-10+,55-11+,56-12+/t26?,27?,28?,29?,30?,31?,32?,33?,43-,44+,45-,46+,47-,48-,49-,50-/m1/s1. The molecular weight excluding hydrogens is 1330 g/mol. The van der Waals surface area contributed by atoms with Gasteiger partial charge in [0.15, 0.2) is 26.4 Å². The van der Waals surface area contributed by atoms with Crippen molar-refractivity contribution in [1.82, 2.24) is 35.1 Å². The van der Waals surface area contributed by atoms with Gasteiger partial charge in [-0.05, 0) is 0 Å². The maximum Gasteiger partial charge on any atom is 0.317 e. The molecule has 6 amide bonds. The van der Waals surface area contributed by atoms with Crippen molar-refractivity contribution in [2.75, 3.05) is 138 Å². The van der Waals surface area contributed by atoms with E-state index in [4.69, 9.17) is 39.8 Å². The van der Waals surface area contributed by atoms with Gasteiger partial charge in [0.05, 0.1) is 84.0 Å². The third-order valence-electron chi connectivity index (χ3n) is 12.8. The Morgan fingerprint density at radius 3 is 0.753 bits per heavy atom. The van der Waals surface area contributed by atoms with Gasteiger partial charge in [0.25, 0.3) is 23.6 Å². The molecule has 0 bridgehead atoms. The number of carbonyl (C=O) groups is 9. The quantitative estimate of drug-likeness (QED) is 0.0199. The molecule has 25 N–H and O–H groups in total. The van der Waals surface area contributed by atoms with E-state index in [1.807, 2.05) is 0 Å². The molecule has 0 aliphatic rings. The van der Waals surface area contributed by atoms with Gasteiger partial charge in [-0.25, -0.2) is 0 Å². The molecule has 0 saturated heterocycles. The second-order valence-corrected chi connectivity index (χ2v) is 20.5. The summed E-state index contributed by atoms with van der Waals surface area (Å²) in [6, 6.07) is 0. The van der Waals surface area contributed by atoms with E-state index in [9.17, 15) is 140 Å². The molecule has 47 nitrogen and oxygen atoms in total. The van der Waals surface area contributed by atoms with Crippen molar-refractivity contribution in [2.24, 2.45) is 20.6 Å². The highest BCUT2D eigenvalue weighted by Gasteiger charge is 2.34. The van der Waals surface area contributed by atoms with Crippen LogP contribution < -0.4 is 10.6 Å². The Kier molecular flexibility index (Phi) is 45.4. The Balaban J connectivity index is 6.24. The number of amides is 6. The fourth-order valence-corrected chi connectivity index (χ4v) is 7.35. The van der Waals surface area contributed by atoms with Gasteiger partial charge in [0, 0.05) is 52.4 Å². The summed E-state index contributed by atoms with van der Waals surface area (Å²) in [4.78, 5) is 138. The second kappa shape index (κ2) is 49.2. The lowest BCUT2D eigenvalue weighted by Crippen LogP contribution is -2.49. The Hall–Kier alpha value is -7.41. The molecule has 0 fully saturated rings. The lowest BCUT2D eigenvalue weighted by Gasteiger charge is -2.28. The summed E-state index contributed by atoms with van der Waals surface area (Å²) in [6.45, 7) is -16.9. The first-order valence-electron chi connectivity index (χ1n) is 28.6. The normalized spacial score (nSPS) is 17.1. The SMILES string of the molecule is O=C(O)CN(CCN(CC(=O)O)CC(=O)NCCN(C(=O)CO/N=C/C(O)[C@@H](O)[C@H](O)C(O)CO)C(=O)CO/N=C/C(O)[C@H](O)[C@H](O)C(O)CO)CCN(CC(=O)O)CC(=O)NCCN(C(=O)CO/N=C/C(O)[C@@H](O)[C@H](O)C(O)CO)C(=O)CO/N=C/C(O)[C@H](O)[C@H](O)C(O)CO. The number of hydrogen-bond acceptors (Lipinski definition) is 40. The maximum absolute atomic E-state index is 13.2. The maximum atomic E-state index is 13.2. The number of hydrogen-bond donors (Lipinski definition) is 25. The molecule has 47 heteroatoms. The minimum atomic E-state index is -2.14. The lowest BCUT2D eigenvalue weighted by molar-refractivity contribution is -0.152. The fraction of sp³-hybridized carbons (Fsp3) is 0.740. The zero-order valence-corrected chi connectivity index (χ0v) is 51.5. The number of aliphatic hydroxyl groups excluding tert-OH is 20. The number of carbonyl (C=O) groups excluding carboxylic acids is 6. The van der Waals surface area contributed by atoms with E-state index in [2.05, 4.69) is 31.3 Å². The molecule has 0 rings (SSSR count). The summed E-state index contributed by atoms with van der Waals surface area (Å²) >= 11 is 0. The number of nitrogens with one attached hydrogen (secondary N) is 2. The number of nitrogens with zero attached hydrogens (tertiary/aromatic N) is 9. The summed E-state index contributed by atoms with van der Waals surface area (Å²) in [5, 5.41) is 239. The molecule has 97 heavy (non-hydrogen) atoms. The van der Waals surface area contributed by atoms with E-state index in [1.54, 1.807) is 0 Å². The van der Waals surface area contributed by atoms with Crippen LogP contribution in [0.4, 0.5) is 0 Å². The van der Waals surface area contributed by atoms with Gasteiger partial charge in [0.1, 0.15) is 97.7 Å². The van der Waals surface area contributed by atoms with Gasteiger partial charge >= 0.3 is 17.9 Å². The third-order valence-corrected chi connectivity index (χ3v) is 12.8. The lowest BCUT2D eigenvalue weighted by atomic mass is 10.0. The Labute approximate surface area is 548 Å². The summed E-state index contributed by atoms with van der Waals surface area (Å²) in [6.07, 6.45) is -30.9. The molecule has 0 aromatic heterocycles. The summed E-state index contributed by atoms with van der Waals surface area (Å²) in [5.41, 5.74) is 0. The Morgan fingerprint density at radius 2 is 0.536 bits per heavy atom. The van der Waals surface area contributed by atoms with Crippen LogP contribution in [0, 0.1) is 0 Å². The summed E-state index contributed by atoms with van der Waals surface area (Å²) in [5.74, 6) is -11.4. The van der Waals surface area contributed by atoms with Crippen LogP contribution in [0.3, 0.4) is 0 Å². The number of aliphatic hydroxyl groups is 20. The summed E-state index contributed by atoms with van der Waals surface area (Å²) in [7, 11) is 0. The molecule has 0 saturated carbocycles. The van der Waals surface area contributed by atoms with Crippen molar-refractivity contribution in [3.8, 4) is 0 Å². The molecule has 0 aliphatic carbocycles. The number of oxime groups is 4. The number of rotatable bonds is 54. The predicted molar refractivity (Wildman–Crippen MR) is 314 cm³/mol. The first-order chi connectivity index (χ1) is 45.6. The van der Waals surface area contributed by atoms with Gasteiger partial charge in [-0.3, -0.25) is 67.7 Å². The van der Waals surface area contributed by atoms with E-state index < -0.39 is 276 Å². The molecule has 0 aromatic carbocycles. The zero-order chi connectivity index (χ0) is 74.1. The highest BCUT2D eigenvalue weighted by Crippen LogP contribution is 2.09. The van der Waals surface area contributed by atoms with Crippen LogP contribution in [-0.4, -0.2) is 456 Å². The van der Waals surface area contributed by atoms with E-state index in [0.717, 1.165) is 14.7 Å². The highest BCUT2D eigenvalue weighted by atomic mass is 16.6. The van der Waals surface area contributed by atoms with E-state index >= 15 is 0 Å². The van der Waals surface area contributed by atoms with Crippen molar-refractivity contribution in [1.29, 1.82) is 0 Å². The van der Waals surface area contributed by atoms with Crippen LogP contribution in [-0.2, 0) is 62.5 Å². The van der Waals surface area contributed by atoms with Gasteiger partial charge in [-0.1, -0.05) is 20.6 Å². The minimum absolute atomic E-state index is 0.354. The molecule has 16 atom stereocenters. The van der Waals surface area contributed by atoms with Crippen molar-refractivity contribution in [3.63, 3.8) is 0 Å². The predicted octanol–water partition coefficient (Wildman–Crippen LogP) is -18.2. The number of imide groups is 2. The van der Waals surface area contributed by atoms with Crippen LogP contribution in [0.15, 0.2) is 20.6 Å². The van der Waals surface area contributed by atoms with Crippen LogP contribution in [0.2, 0.25) is 0 Å². The van der Waals surface area contributed by atoms with E-state index in [1.165, 1.54) is 0 Å². The van der Waals surface area contributed by atoms with E-state index in [-0.39, 0.29) is 13.1 Å². The topological polar surface area (TPSA) is 746 Å². The van der Waals surface area contributed by atoms with Crippen LogP contribution >= 0.6 is 0 Å². The molecule has 0 aromatic rings. The van der Waals surface area contributed by atoms with Crippen LogP contribution in [0.25, 0.3) is 0 Å². The van der Waals surface area contributed by atoms with Crippen molar-refractivity contribution in [2.45, 2.75) is 97.7 Å². The second-order valence-electron chi connectivity index (χ2n) is 20.5. The molecule has 8 unspecified atom stereocenters. The molecule has 0 radical (unpaired) electrons. The molecule has 0 heterocycles. The highest BCUT2D eigenvalue weighted by molar-refractivity contribution is 5.97. The molecule has 0 spiro atoms. The van der Waals surface area contributed by atoms with Crippen LogP contribution in [0.5, 0.6) is 0 Å². The number of carboxylic acids is 3.